The van der Waals surface area contributed by atoms with E-state index in [2.05, 4.69) is 5.10 Å². The normalized spacial score (nSPS) is 12.1. The van der Waals surface area contributed by atoms with Gasteiger partial charge in [0, 0.05) is 11.9 Å². The molecule has 7 heteroatoms. The van der Waals surface area contributed by atoms with Gasteiger partial charge < -0.3 is 10.5 Å². The summed E-state index contributed by atoms with van der Waals surface area (Å²) in [5, 5.41) is 4.76. The fourth-order valence-corrected chi connectivity index (χ4v) is 1.87. The van der Waals surface area contributed by atoms with Crippen LogP contribution in [0.3, 0.4) is 0 Å². The van der Waals surface area contributed by atoms with Gasteiger partial charge in [0.2, 0.25) is 0 Å². The van der Waals surface area contributed by atoms with E-state index >= 15 is 0 Å². The highest BCUT2D eigenvalue weighted by atomic mass is 16.5. The Morgan fingerprint density at radius 3 is 2.52 bits per heavy atom. The number of amides is 1. The molecule has 0 aliphatic rings. The van der Waals surface area contributed by atoms with Gasteiger partial charge in [0.25, 0.3) is 11.5 Å². The van der Waals surface area contributed by atoms with Crippen LogP contribution in [0.15, 0.2) is 29.1 Å². The summed E-state index contributed by atoms with van der Waals surface area (Å²) in [7, 11) is 0. The Balaban J connectivity index is 2.58. The molecule has 1 atom stereocenters. The minimum absolute atomic E-state index is 0.0137. The number of aryl methyl sites for hydroxylation is 1. The van der Waals surface area contributed by atoms with Gasteiger partial charge >= 0.3 is 5.97 Å². The third kappa shape index (κ3) is 2.76. The van der Waals surface area contributed by atoms with Crippen molar-refractivity contribution in [3.8, 4) is 0 Å². The van der Waals surface area contributed by atoms with Crippen molar-refractivity contribution in [2.75, 3.05) is 0 Å². The molecule has 21 heavy (non-hydrogen) atoms. The number of esters is 1. The summed E-state index contributed by atoms with van der Waals surface area (Å²) in [6.45, 7) is 3.43. The molecule has 0 aliphatic carbocycles. The molecule has 0 bridgehead atoms. The Morgan fingerprint density at radius 1 is 1.33 bits per heavy atom. The summed E-state index contributed by atoms with van der Waals surface area (Å²) in [5.41, 5.74) is 4.77. The van der Waals surface area contributed by atoms with Gasteiger partial charge in [0.15, 0.2) is 11.8 Å². The predicted octanol–water partition coefficient (Wildman–Crippen LogP) is 0.447. The summed E-state index contributed by atoms with van der Waals surface area (Å²) in [6.07, 6.45) is -1.07. The number of carbonyl (C=O) groups is 2. The molecule has 0 saturated heterocycles. The first-order valence-electron chi connectivity index (χ1n) is 6.45. The number of nitrogens with two attached hydrogens (primary N) is 1. The summed E-state index contributed by atoms with van der Waals surface area (Å²) in [4.78, 5) is 35.3. The molecular formula is C14H15N3O4. The van der Waals surface area contributed by atoms with Crippen molar-refractivity contribution < 1.29 is 14.3 Å². The molecule has 1 amide bonds. The molecule has 0 saturated carbocycles. The zero-order chi connectivity index (χ0) is 15.6. The van der Waals surface area contributed by atoms with Gasteiger partial charge in [-0.25, -0.2) is 9.48 Å². The van der Waals surface area contributed by atoms with Crippen LogP contribution in [0, 0.1) is 0 Å². The van der Waals surface area contributed by atoms with Gasteiger partial charge in [-0.3, -0.25) is 9.59 Å². The Kier molecular flexibility index (Phi) is 4.02. The summed E-state index contributed by atoms with van der Waals surface area (Å²) < 4.78 is 6.13. The van der Waals surface area contributed by atoms with Crippen molar-refractivity contribution in [1.82, 2.24) is 9.78 Å². The van der Waals surface area contributed by atoms with Crippen LogP contribution >= 0.6 is 0 Å². The molecule has 0 radical (unpaired) electrons. The SMILES string of the molecule is CCn1nc(C(=O)OC(C)C(N)=O)c2ccccc2c1=O. The fourth-order valence-electron chi connectivity index (χ4n) is 1.87. The third-order valence-electron chi connectivity index (χ3n) is 3.05. The molecule has 2 rings (SSSR count). The predicted molar refractivity (Wildman–Crippen MR) is 75.7 cm³/mol. The van der Waals surface area contributed by atoms with Crippen molar-refractivity contribution in [1.29, 1.82) is 0 Å². The van der Waals surface area contributed by atoms with E-state index in [1.165, 1.54) is 11.6 Å². The monoisotopic (exact) mass is 289 g/mol. The highest BCUT2D eigenvalue weighted by Gasteiger charge is 2.21. The number of nitrogens with zero attached hydrogens (tertiary/aromatic N) is 2. The first kappa shape index (κ1) is 14.7. The minimum Gasteiger partial charge on any atom is -0.448 e. The Labute approximate surface area is 120 Å². The first-order valence-corrected chi connectivity index (χ1v) is 6.45. The smallest absolute Gasteiger partial charge is 0.360 e. The lowest BCUT2D eigenvalue weighted by molar-refractivity contribution is -0.125. The lowest BCUT2D eigenvalue weighted by Gasteiger charge is -2.12. The topological polar surface area (TPSA) is 104 Å². The van der Waals surface area contributed by atoms with E-state index < -0.39 is 18.0 Å². The van der Waals surface area contributed by atoms with Crippen LogP contribution in [0.2, 0.25) is 0 Å². The van der Waals surface area contributed by atoms with Crippen molar-refractivity contribution in [3.05, 3.63) is 40.3 Å². The van der Waals surface area contributed by atoms with Crippen LogP contribution < -0.4 is 11.3 Å². The Hall–Kier alpha value is -2.70. The van der Waals surface area contributed by atoms with E-state index in [0.29, 0.717) is 17.3 Å². The number of fused-ring (bicyclic) bond motifs is 1. The highest BCUT2D eigenvalue weighted by Crippen LogP contribution is 2.14. The highest BCUT2D eigenvalue weighted by molar-refractivity contribution is 6.02. The van der Waals surface area contributed by atoms with Crippen molar-refractivity contribution in [3.63, 3.8) is 0 Å². The van der Waals surface area contributed by atoms with Gasteiger partial charge in [-0.1, -0.05) is 18.2 Å². The van der Waals surface area contributed by atoms with Gasteiger partial charge in [-0.15, -0.1) is 0 Å². The molecule has 0 fully saturated rings. The average molecular weight is 289 g/mol. The summed E-state index contributed by atoms with van der Waals surface area (Å²) >= 11 is 0. The number of aromatic nitrogens is 2. The first-order chi connectivity index (χ1) is 9.95. The number of carbonyl (C=O) groups excluding carboxylic acids is 2. The molecule has 2 aromatic rings. The number of ether oxygens (including phenoxy) is 1. The zero-order valence-corrected chi connectivity index (χ0v) is 11.7. The zero-order valence-electron chi connectivity index (χ0n) is 11.7. The molecular weight excluding hydrogens is 274 g/mol. The fraction of sp³-hybridized carbons (Fsp3) is 0.286. The Morgan fingerprint density at radius 2 is 1.95 bits per heavy atom. The number of hydrogen-bond donors (Lipinski definition) is 1. The van der Waals surface area contributed by atoms with Gasteiger partial charge in [0.05, 0.1) is 5.39 Å². The largest absolute Gasteiger partial charge is 0.448 e. The molecule has 0 spiro atoms. The van der Waals surface area contributed by atoms with Crippen LogP contribution in [0.25, 0.3) is 10.8 Å². The number of benzene rings is 1. The maximum Gasteiger partial charge on any atom is 0.360 e. The van der Waals surface area contributed by atoms with Crippen LogP contribution in [0.5, 0.6) is 0 Å². The minimum atomic E-state index is -1.07. The second kappa shape index (κ2) is 5.74. The van der Waals surface area contributed by atoms with Crippen LogP contribution in [-0.4, -0.2) is 27.8 Å². The second-order valence-electron chi connectivity index (χ2n) is 4.47. The molecule has 1 aromatic heterocycles. The van der Waals surface area contributed by atoms with Crippen LogP contribution in [0.4, 0.5) is 0 Å². The summed E-state index contributed by atoms with van der Waals surface area (Å²) in [6, 6.07) is 6.61. The van der Waals surface area contributed by atoms with Crippen LogP contribution in [-0.2, 0) is 16.1 Å². The molecule has 0 aliphatic heterocycles. The van der Waals surface area contributed by atoms with E-state index in [9.17, 15) is 14.4 Å². The lowest BCUT2D eigenvalue weighted by atomic mass is 10.1. The maximum atomic E-state index is 12.1. The summed E-state index contributed by atoms with van der Waals surface area (Å²) in [5.74, 6) is -1.55. The van der Waals surface area contributed by atoms with Crippen LogP contribution in [0.1, 0.15) is 24.3 Å². The number of hydrogen-bond acceptors (Lipinski definition) is 5. The van der Waals surface area contributed by atoms with Crippen molar-refractivity contribution in [2.45, 2.75) is 26.5 Å². The van der Waals surface area contributed by atoms with E-state index in [1.807, 2.05) is 0 Å². The van der Waals surface area contributed by atoms with E-state index in [0.717, 1.165) is 0 Å². The molecule has 1 aromatic carbocycles. The number of primary amides is 1. The Bertz CT molecular complexity index is 766. The molecule has 1 unspecified atom stereocenters. The quantitative estimate of drug-likeness (QED) is 0.823. The molecule has 7 nitrogen and oxygen atoms in total. The van der Waals surface area contributed by atoms with Gasteiger partial charge in [0.1, 0.15) is 0 Å². The standard InChI is InChI=1S/C14H15N3O4/c1-3-17-13(19)10-7-5-4-6-9(10)11(16-17)14(20)21-8(2)12(15)18/h4-8H,3H2,1-2H3,(H2,15,18). The van der Waals surface area contributed by atoms with Crippen molar-refractivity contribution >= 4 is 22.6 Å². The molecule has 110 valence electrons. The molecule has 2 N–H and O–H groups in total. The average Bonchev–Trinajstić information content (AvgIpc) is 2.47. The van der Waals surface area contributed by atoms with Crippen molar-refractivity contribution in [2.24, 2.45) is 5.73 Å². The molecule has 1 heterocycles. The third-order valence-corrected chi connectivity index (χ3v) is 3.05. The van der Waals surface area contributed by atoms with E-state index in [4.69, 9.17) is 10.5 Å². The lowest BCUT2D eigenvalue weighted by Crippen LogP contribution is -2.32. The number of rotatable bonds is 4. The second-order valence-corrected chi connectivity index (χ2v) is 4.47. The van der Waals surface area contributed by atoms with Gasteiger partial charge in [-0.2, -0.15) is 5.10 Å². The van der Waals surface area contributed by atoms with Gasteiger partial charge in [-0.05, 0) is 19.9 Å². The van der Waals surface area contributed by atoms with E-state index in [-0.39, 0.29) is 11.3 Å². The van der Waals surface area contributed by atoms with E-state index in [1.54, 1.807) is 31.2 Å². The maximum absolute atomic E-state index is 12.1.